The lowest BCUT2D eigenvalue weighted by atomic mass is 10.2. The molecule has 7 nitrogen and oxygen atoms in total. The normalized spacial score (nSPS) is 14.5. The summed E-state index contributed by atoms with van der Waals surface area (Å²) in [5.41, 5.74) is 0.739. The Balaban J connectivity index is 1.39. The SMILES string of the molecule is O=C(c1ccc(I)cc1)N1CCN(c2ccc(-n3ccnc3)nn2)CC1. The molecular weight excluding hydrogens is 443 g/mol. The van der Waals surface area contributed by atoms with Gasteiger partial charge >= 0.3 is 0 Å². The lowest BCUT2D eigenvalue weighted by Crippen LogP contribution is -2.49. The standard InChI is InChI=1S/C18H17IN6O/c19-15-3-1-14(2-4-15)18(26)24-11-9-23(10-12-24)16-5-6-17(22-21-16)25-8-7-20-13-25/h1-8,13H,9-12H2. The Bertz CT molecular complexity index is 871. The molecule has 3 heterocycles. The number of hydrogen-bond acceptors (Lipinski definition) is 5. The van der Waals surface area contributed by atoms with Crippen molar-refractivity contribution in [2.75, 3.05) is 31.1 Å². The molecule has 0 aliphatic carbocycles. The molecular formula is C18H17IN6O. The summed E-state index contributed by atoms with van der Waals surface area (Å²) < 4.78 is 2.94. The molecule has 132 valence electrons. The van der Waals surface area contributed by atoms with Gasteiger partial charge in [-0.1, -0.05) is 0 Å². The molecule has 1 aliphatic heterocycles. The summed E-state index contributed by atoms with van der Waals surface area (Å²) in [6, 6.07) is 11.6. The van der Waals surface area contributed by atoms with Crippen molar-refractivity contribution in [3.63, 3.8) is 0 Å². The van der Waals surface area contributed by atoms with E-state index >= 15 is 0 Å². The van der Waals surface area contributed by atoms with Crippen LogP contribution < -0.4 is 4.90 Å². The van der Waals surface area contributed by atoms with Crippen molar-refractivity contribution in [1.82, 2.24) is 24.6 Å². The summed E-state index contributed by atoms with van der Waals surface area (Å²) in [6.45, 7) is 2.84. The third-order valence-electron chi connectivity index (χ3n) is 4.39. The summed E-state index contributed by atoms with van der Waals surface area (Å²) in [7, 11) is 0. The molecule has 1 fully saturated rings. The highest BCUT2D eigenvalue weighted by molar-refractivity contribution is 14.1. The van der Waals surface area contributed by atoms with Crippen molar-refractivity contribution < 1.29 is 4.79 Å². The number of amides is 1. The average Bonchev–Trinajstić information content (AvgIpc) is 3.23. The van der Waals surface area contributed by atoms with Crippen LogP contribution in [0.2, 0.25) is 0 Å². The fourth-order valence-electron chi connectivity index (χ4n) is 2.93. The fourth-order valence-corrected chi connectivity index (χ4v) is 3.29. The summed E-state index contributed by atoms with van der Waals surface area (Å²) in [5.74, 6) is 1.65. The zero-order chi connectivity index (χ0) is 17.9. The Kier molecular flexibility index (Phi) is 4.83. The van der Waals surface area contributed by atoms with E-state index in [-0.39, 0.29) is 5.91 Å². The van der Waals surface area contributed by atoms with Crippen LogP contribution in [-0.2, 0) is 0 Å². The van der Waals surface area contributed by atoms with E-state index in [2.05, 4.69) is 42.7 Å². The molecule has 0 spiro atoms. The average molecular weight is 460 g/mol. The molecule has 1 saturated heterocycles. The van der Waals surface area contributed by atoms with E-state index in [1.165, 1.54) is 0 Å². The van der Waals surface area contributed by atoms with E-state index in [0.29, 0.717) is 13.1 Å². The zero-order valence-corrected chi connectivity index (χ0v) is 16.2. The number of benzene rings is 1. The number of anilines is 1. The molecule has 0 unspecified atom stereocenters. The van der Waals surface area contributed by atoms with Crippen LogP contribution in [0.3, 0.4) is 0 Å². The number of hydrogen-bond donors (Lipinski definition) is 0. The van der Waals surface area contributed by atoms with Crippen LogP contribution in [0.15, 0.2) is 55.1 Å². The molecule has 2 aromatic heterocycles. The second-order valence-electron chi connectivity index (χ2n) is 6.01. The topological polar surface area (TPSA) is 67.2 Å². The van der Waals surface area contributed by atoms with Crippen LogP contribution in [0.25, 0.3) is 5.82 Å². The third-order valence-corrected chi connectivity index (χ3v) is 5.11. The summed E-state index contributed by atoms with van der Waals surface area (Å²) in [5, 5.41) is 8.58. The first-order valence-electron chi connectivity index (χ1n) is 8.32. The van der Waals surface area contributed by atoms with Gasteiger partial charge < -0.3 is 9.80 Å². The van der Waals surface area contributed by atoms with Crippen LogP contribution in [0.4, 0.5) is 5.82 Å². The molecule has 0 saturated carbocycles. The van der Waals surface area contributed by atoms with Gasteiger partial charge in [0.05, 0.1) is 0 Å². The second-order valence-corrected chi connectivity index (χ2v) is 7.25. The Hall–Kier alpha value is -2.49. The second kappa shape index (κ2) is 7.40. The maximum absolute atomic E-state index is 12.6. The van der Waals surface area contributed by atoms with Gasteiger partial charge in [-0.3, -0.25) is 9.36 Å². The number of aromatic nitrogens is 4. The van der Waals surface area contributed by atoms with Crippen LogP contribution >= 0.6 is 22.6 Å². The lowest BCUT2D eigenvalue weighted by molar-refractivity contribution is 0.0746. The number of nitrogens with zero attached hydrogens (tertiary/aromatic N) is 6. The first-order valence-corrected chi connectivity index (χ1v) is 9.40. The van der Waals surface area contributed by atoms with Crippen LogP contribution in [0, 0.1) is 3.57 Å². The predicted octanol–water partition coefficient (Wildman–Crippen LogP) is 2.23. The van der Waals surface area contributed by atoms with Gasteiger partial charge in [0.1, 0.15) is 6.33 Å². The molecule has 4 rings (SSSR count). The number of rotatable bonds is 3. The van der Waals surface area contributed by atoms with E-state index in [0.717, 1.165) is 33.9 Å². The molecule has 0 radical (unpaired) electrons. The fraction of sp³-hybridized carbons (Fsp3) is 0.222. The quantitative estimate of drug-likeness (QED) is 0.561. The van der Waals surface area contributed by atoms with Gasteiger partial charge in [0.2, 0.25) is 0 Å². The minimum atomic E-state index is 0.0857. The van der Waals surface area contributed by atoms with Crippen LogP contribution in [0.1, 0.15) is 10.4 Å². The van der Waals surface area contributed by atoms with Crippen LogP contribution in [0.5, 0.6) is 0 Å². The maximum Gasteiger partial charge on any atom is 0.253 e. The van der Waals surface area contributed by atoms with E-state index in [4.69, 9.17) is 0 Å². The number of imidazole rings is 1. The first kappa shape index (κ1) is 17.0. The molecule has 1 aliphatic rings. The molecule has 0 bridgehead atoms. The molecule has 0 atom stereocenters. The Morgan fingerprint density at radius 3 is 2.23 bits per heavy atom. The largest absolute Gasteiger partial charge is 0.352 e. The van der Waals surface area contributed by atoms with Gasteiger partial charge in [-0.2, -0.15) is 0 Å². The van der Waals surface area contributed by atoms with Crippen molar-refractivity contribution >= 4 is 34.3 Å². The van der Waals surface area contributed by atoms with Crippen molar-refractivity contribution in [2.45, 2.75) is 0 Å². The molecule has 26 heavy (non-hydrogen) atoms. The highest BCUT2D eigenvalue weighted by Crippen LogP contribution is 2.16. The smallest absolute Gasteiger partial charge is 0.253 e. The minimum Gasteiger partial charge on any atom is -0.352 e. The lowest BCUT2D eigenvalue weighted by Gasteiger charge is -2.35. The summed E-state index contributed by atoms with van der Waals surface area (Å²) in [6.07, 6.45) is 5.23. The highest BCUT2D eigenvalue weighted by Gasteiger charge is 2.23. The number of carbonyl (C=O) groups is 1. The Morgan fingerprint density at radius 1 is 0.923 bits per heavy atom. The molecule has 3 aromatic rings. The zero-order valence-electron chi connectivity index (χ0n) is 14.0. The van der Waals surface area contributed by atoms with Crippen molar-refractivity contribution in [3.05, 3.63) is 64.3 Å². The van der Waals surface area contributed by atoms with Gasteiger partial charge in [-0.05, 0) is 59.0 Å². The van der Waals surface area contributed by atoms with Crippen LogP contribution in [-0.4, -0.2) is 56.7 Å². The van der Waals surface area contributed by atoms with E-state index in [1.54, 1.807) is 12.5 Å². The number of carbonyl (C=O) groups excluding carboxylic acids is 1. The molecule has 0 N–H and O–H groups in total. The van der Waals surface area contributed by atoms with E-state index in [9.17, 15) is 4.79 Å². The Labute approximate surface area is 164 Å². The molecule has 8 heteroatoms. The highest BCUT2D eigenvalue weighted by atomic mass is 127. The third kappa shape index (κ3) is 3.55. The van der Waals surface area contributed by atoms with Gasteiger partial charge in [-0.15, -0.1) is 10.2 Å². The maximum atomic E-state index is 12.6. The summed E-state index contributed by atoms with van der Waals surface area (Å²) >= 11 is 2.24. The van der Waals surface area contributed by atoms with Crippen molar-refractivity contribution in [2.24, 2.45) is 0 Å². The van der Waals surface area contributed by atoms with E-state index in [1.807, 2.05) is 52.1 Å². The van der Waals surface area contributed by atoms with E-state index < -0.39 is 0 Å². The molecule has 1 aromatic carbocycles. The predicted molar refractivity (Wildman–Crippen MR) is 106 cm³/mol. The van der Waals surface area contributed by atoms with Crippen molar-refractivity contribution in [3.8, 4) is 5.82 Å². The summed E-state index contributed by atoms with van der Waals surface area (Å²) in [4.78, 5) is 20.7. The van der Waals surface area contributed by atoms with Gasteiger partial charge in [-0.25, -0.2) is 4.98 Å². The van der Waals surface area contributed by atoms with Gasteiger partial charge in [0, 0.05) is 47.7 Å². The molecule has 1 amide bonds. The number of piperazine rings is 1. The van der Waals surface area contributed by atoms with Crippen molar-refractivity contribution in [1.29, 1.82) is 0 Å². The van der Waals surface area contributed by atoms with Gasteiger partial charge in [0.25, 0.3) is 5.91 Å². The Morgan fingerprint density at radius 2 is 1.62 bits per heavy atom. The monoisotopic (exact) mass is 460 g/mol. The first-order chi connectivity index (χ1) is 12.7. The van der Waals surface area contributed by atoms with Gasteiger partial charge in [0.15, 0.2) is 11.6 Å². The number of halogens is 1. The minimum absolute atomic E-state index is 0.0857.